The second kappa shape index (κ2) is 8.06. The fourth-order valence-electron chi connectivity index (χ4n) is 2.87. The lowest BCUT2D eigenvalue weighted by molar-refractivity contribution is -0.138. The summed E-state index contributed by atoms with van der Waals surface area (Å²) in [5, 5.41) is 15.3. The first-order valence-corrected chi connectivity index (χ1v) is 10.4. The molecule has 0 atom stereocenters. The van der Waals surface area contributed by atoms with Gasteiger partial charge in [-0.15, -0.1) is 0 Å². The minimum Gasteiger partial charge on any atom is -0.502 e. The number of rotatable bonds is 7. The Labute approximate surface area is 168 Å². The van der Waals surface area contributed by atoms with Gasteiger partial charge in [-0.3, -0.25) is 14.5 Å². The molecule has 0 saturated heterocycles. The molecule has 0 unspecified atom stereocenters. The van der Waals surface area contributed by atoms with Gasteiger partial charge in [0.25, 0.3) is 11.8 Å². The number of ether oxygens (including phenoxy) is 1. The van der Waals surface area contributed by atoms with E-state index in [2.05, 4.69) is 0 Å². The number of nitrogens with zero attached hydrogens (tertiary/aromatic N) is 1. The average molecular weight is 416 g/mol. The van der Waals surface area contributed by atoms with E-state index < -0.39 is 27.6 Å². The molecule has 0 bridgehead atoms. The van der Waals surface area contributed by atoms with Gasteiger partial charge in [-0.1, -0.05) is 31.2 Å². The fraction of sp³-hybridized carbons (Fsp3) is 0.200. The van der Waals surface area contributed by atoms with Gasteiger partial charge in [0, 0.05) is 0 Å². The van der Waals surface area contributed by atoms with Crippen LogP contribution in [-0.2, 0) is 26.2 Å². The van der Waals surface area contributed by atoms with Crippen LogP contribution in [0.1, 0.15) is 24.5 Å². The molecule has 0 spiro atoms. The molecule has 29 heavy (non-hydrogen) atoms. The van der Waals surface area contributed by atoms with Gasteiger partial charge >= 0.3 is 0 Å². The smallest absolute Gasteiger partial charge is 0.296 e. The molecular formula is C20H20N2O6S. The second-order valence-corrected chi connectivity index (χ2v) is 8.04. The van der Waals surface area contributed by atoms with Crippen LogP contribution in [0.15, 0.2) is 59.2 Å². The first-order chi connectivity index (χ1) is 13.7. The van der Waals surface area contributed by atoms with E-state index in [0.29, 0.717) is 23.5 Å². The van der Waals surface area contributed by atoms with Crippen molar-refractivity contribution in [1.82, 2.24) is 4.90 Å². The third kappa shape index (κ3) is 4.30. The number of aliphatic hydroxyl groups is 1. The van der Waals surface area contributed by atoms with Crippen molar-refractivity contribution in [3.05, 3.63) is 65.4 Å². The molecule has 1 aliphatic rings. The highest BCUT2D eigenvalue weighted by molar-refractivity contribution is 7.89. The number of benzene rings is 2. The molecule has 3 rings (SSSR count). The Bertz CT molecular complexity index is 1070. The first-order valence-electron chi connectivity index (χ1n) is 8.86. The van der Waals surface area contributed by atoms with Crippen LogP contribution < -0.4 is 9.88 Å². The van der Waals surface area contributed by atoms with E-state index >= 15 is 0 Å². The molecule has 0 fully saturated rings. The Hall–Kier alpha value is -3.17. The number of carbonyl (C=O) groups is 2. The van der Waals surface area contributed by atoms with Crippen molar-refractivity contribution < 1.29 is 27.9 Å². The number of carbonyl (C=O) groups excluding carboxylic acids is 2. The molecular weight excluding hydrogens is 396 g/mol. The monoisotopic (exact) mass is 416 g/mol. The summed E-state index contributed by atoms with van der Waals surface area (Å²) in [6, 6.07) is 12.0. The van der Waals surface area contributed by atoms with Crippen LogP contribution in [0.5, 0.6) is 5.75 Å². The summed E-state index contributed by atoms with van der Waals surface area (Å²) < 4.78 is 28.1. The number of sulfonamides is 1. The van der Waals surface area contributed by atoms with E-state index in [4.69, 9.17) is 9.88 Å². The topological polar surface area (TPSA) is 127 Å². The molecule has 0 aliphatic carbocycles. The first kappa shape index (κ1) is 20.6. The van der Waals surface area contributed by atoms with Crippen LogP contribution in [0.25, 0.3) is 5.57 Å². The standard InChI is InChI=1S/C20H20N2O6S/c1-2-11-28-15-7-5-14(6-8-15)17-18(23)20(25)22(19(17)24)12-13-3-9-16(10-4-13)29(21,26)27/h3-10,23H,2,11-12H2,1H3,(H2,21,26,27). The van der Waals surface area contributed by atoms with E-state index in [1.807, 2.05) is 6.92 Å². The zero-order valence-electron chi connectivity index (χ0n) is 15.7. The number of imide groups is 1. The van der Waals surface area contributed by atoms with E-state index in [-0.39, 0.29) is 17.0 Å². The van der Waals surface area contributed by atoms with Gasteiger partial charge in [-0.05, 0) is 41.8 Å². The van der Waals surface area contributed by atoms with E-state index in [0.717, 1.165) is 11.3 Å². The maximum atomic E-state index is 12.8. The number of primary sulfonamides is 1. The number of aliphatic hydroxyl groups excluding tert-OH is 1. The molecule has 0 aromatic heterocycles. The molecule has 2 aromatic carbocycles. The van der Waals surface area contributed by atoms with Crippen molar-refractivity contribution in [2.45, 2.75) is 24.8 Å². The van der Waals surface area contributed by atoms with Crippen molar-refractivity contribution in [2.24, 2.45) is 5.14 Å². The molecule has 2 aromatic rings. The normalized spacial score (nSPS) is 14.6. The Morgan fingerprint density at radius 3 is 2.17 bits per heavy atom. The van der Waals surface area contributed by atoms with E-state index in [1.54, 1.807) is 24.3 Å². The zero-order chi connectivity index (χ0) is 21.2. The fourth-order valence-corrected chi connectivity index (χ4v) is 3.39. The van der Waals surface area contributed by atoms with Gasteiger partial charge in [0.2, 0.25) is 10.0 Å². The minimum atomic E-state index is -3.84. The quantitative estimate of drug-likeness (QED) is 0.664. The Morgan fingerprint density at radius 2 is 1.62 bits per heavy atom. The van der Waals surface area contributed by atoms with Crippen LogP contribution in [0.3, 0.4) is 0 Å². The molecule has 1 aliphatic heterocycles. The number of hydrogen-bond donors (Lipinski definition) is 2. The molecule has 8 nitrogen and oxygen atoms in total. The van der Waals surface area contributed by atoms with Crippen LogP contribution in [0, 0.1) is 0 Å². The predicted octanol–water partition coefficient (Wildman–Crippen LogP) is 1.96. The highest BCUT2D eigenvalue weighted by atomic mass is 32.2. The maximum Gasteiger partial charge on any atom is 0.296 e. The number of nitrogens with two attached hydrogens (primary N) is 1. The lowest BCUT2D eigenvalue weighted by atomic mass is 10.1. The summed E-state index contributed by atoms with van der Waals surface area (Å²) in [5.74, 6) is -1.45. The lowest BCUT2D eigenvalue weighted by Gasteiger charge is -2.15. The van der Waals surface area contributed by atoms with Crippen LogP contribution >= 0.6 is 0 Å². The van der Waals surface area contributed by atoms with Gasteiger partial charge < -0.3 is 9.84 Å². The predicted molar refractivity (Wildman–Crippen MR) is 105 cm³/mol. The third-order valence-corrected chi connectivity index (χ3v) is 5.28. The minimum absolute atomic E-state index is 0.0765. The maximum absolute atomic E-state index is 12.8. The summed E-state index contributed by atoms with van der Waals surface area (Å²) in [6.45, 7) is 2.42. The Kier molecular flexibility index (Phi) is 5.71. The van der Waals surface area contributed by atoms with Gasteiger partial charge in [0.05, 0.1) is 23.6 Å². The second-order valence-electron chi connectivity index (χ2n) is 6.48. The van der Waals surface area contributed by atoms with Crippen LogP contribution in [-0.4, -0.2) is 36.8 Å². The largest absolute Gasteiger partial charge is 0.502 e. The average Bonchev–Trinajstić information content (AvgIpc) is 2.90. The van der Waals surface area contributed by atoms with Crippen molar-refractivity contribution in [1.29, 1.82) is 0 Å². The van der Waals surface area contributed by atoms with Gasteiger partial charge in [-0.25, -0.2) is 13.6 Å². The van der Waals surface area contributed by atoms with Gasteiger partial charge in [0.1, 0.15) is 5.75 Å². The Morgan fingerprint density at radius 1 is 1.00 bits per heavy atom. The van der Waals surface area contributed by atoms with Crippen LogP contribution in [0.4, 0.5) is 0 Å². The highest BCUT2D eigenvalue weighted by Gasteiger charge is 2.39. The van der Waals surface area contributed by atoms with Gasteiger partial charge in [-0.2, -0.15) is 0 Å². The van der Waals surface area contributed by atoms with E-state index in [9.17, 15) is 23.1 Å². The molecule has 2 amide bonds. The summed E-state index contributed by atoms with van der Waals surface area (Å²) in [5.41, 5.74) is 0.825. The van der Waals surface area contributed by atoms with Crippen LogP contribution in [0.2, 0.25) is 0 Å². The molecule has 1 heterocycles. The number of hydrogen-bond acceptors (Lipinski definition) is 6. The molecule has 0 saturated carbocycles. The molecule has 9 heteroatoms. The van der Waals surface area contributed by atoms with E-state index in [1.165, 1.54) is 24.3 Å². The van der Waals surface area contributed by atoms with Crippen molar-refractivity contribution in [3.8, 4) is 5.75 Å². The third-order valence-electron chi connectivity index (χ3n) is 4.35. The Balaban J connectivity index is 1.79. The van der Waals surface area contributed by atoms with Crippen molar-refractivity contribution in [3.63, 3.8) is 0 Å². The number of amides is 2. The zero-order valence-corrected chi connectivity index (χ0v) is 16.5. The molecule has 0 radical (unpaired) electrons. The molecule has 3 N–H and O–H groups in total. The summed E-state index contributed by atoms with van der Waals surface area (Å²) in [4.78, 5) is 26.0. The molecule has 152 valence electrons. The summed E-state index contributed by atoms with van der Waals surface area (Å²) >= 11 is 0. The van der Waals surface area contributed by atoms with Crippen molar-refractivity contribution in [2.75, 3.05) is 6.61 Å². The SMILES string of the molecule is CCCOc1ccc(C2=C(O)C(=O)N(Cc3ccc(S(N)(=O)=O)cc3)C2=O)cc1. The van der Waals surface area contributed by atoms with Gasteiger partial charge in [0.15, 0.2) is 5.76 Å². The summed E-state index contributed by atoms with van der Waals surface area (Å²) in [7, 11) is -3.84. The van der Waals surface area contributed by atoms with Crippen molar-refractivity contribution >= 4 is 27.4 Å². The lowest BCUT2D eigenvalue weighted by Crippen LogP contribution is -2.31. The highest BCUT2D eigenvalue weighted by Crippen LogP contribution is 2.30. The summed E-state index contributed by atoms with van der Waals surface area (Å²) in [6.07, 6.45) is 0.855.